The van der Waals surface area contributed by atoms with Crippen molar-refractivity contribution < 1.29 is 20.1 Å². The van der Waals surface area contributed by atoms with E-state index in [1.807, 2.05) is 0 Å². The van der Waals surface area contributed by atoms with E-state index in [0.29, 0.717) is 0 Å². The van der Waals surface area contributed by atoms with E-state index in [2.05, 4.69) is 5.32 Å². The van der Waals surface area contributed by atoms with E-state index < -0.39 is 29.8 Å². The summed E-state index contributed by atoms with van der Waals surface area (Å²) < 4.78 is 0. The Hall–Kier alpha value is -0.690. The van der Waals surface area contributed by atoms with Crippen LogP contribution in [0.2, 0.25) is 0 Å². The molecule has 2 fully saturated rings. The minimum Gasteiger partial charge on any atom is -0.388 e. The van der Waals surface area contributed by atoms with E-state index in [1.165, 1.54) is 11.8 Å². The van der Waals surface area contributed by atoms with Gasteiger partial charge in [-0.15, -0.1) is 0 Å². The lowest BCUT2D eigenvalue weighted by molar-refractivity contribution is -0.160. The van der Waals surface area contributed by atoms with Crippen LogP contribution in [0.15, 0.2) is 0 Å². The molecule has 0 bridgehead atoms. The van der Waals surface area contributed by atoms with Crippen molar-refractivity contribution in [2.75, 3.05) is 13.6 Å². The molecule has 0 aromatic carbocycles. The number of likely N-dealkylation sites (N-methyl/N-ethyl adjacent to an activating group) is 1. The third kappa shape index (κ3) is 1.53. The highest BCUT2D eigenvalue weighted by Gasteiger charge is 2.55. The molecular weight excluding hydrogens is 212 g/mol. The summed E-state index contributed by atoms with van der Waals surface area (Å²) in [6.07, 6.45) is -1.64. The summed E-state index contributed by atoms with van der Waals surface area (Å²) in [6, 6.07) is -0.660. The first-order valence-electron chi connectivity index (χ1n) is 5.45. The Morgan fingerprint density at radius 1 is 1.50 bits per heavy atom. The van der Waals surface area contributed by atoms with Crippen molar-refractivity contribution in [2.24, 2.45) is 0 Å². The van der Waals surface area contributed by atoms with E-state index in [9.17, 15) is 20.1 Å². The number of carbonyl (C=O) groups excluding carboxylic acids is 1. The molecule has 0 radical (unpaired) electrons. The summed E-state index contributed by atoms with van der Waals surface area (Å²) in [6.45, 7) is 1.55. The SMILES string of the molecule is CN[C@H]1C[C@@](C)(O)C(=O)N2C[C@@H](O)[C@H](O)[C@@H]12. The second-order valence-electron chi connectivity index (χ2n) is 4.88. The van der Waals surface area contributed by atoms with Crippen molar-refractivity contribution in [3.63, 3.8) is 0 Å². The number of carbonyl (C=O) groups is 1. The van der Waals surface area contributed by atoms with Crippen LogP contribution in [0, 0.1) is 0 Å². The fourth-order valence-electron chi connectivity index (χ4n) is 2.74. The van der Waals surface area contributed by atoms with E-state index in [0.717, 1.165) is 0 Å². The Morgan fingerprint density at radius 3 is 2.69 bits per heavy atom. The van der Waals surface area contributed by atoms with Crippen molar-refractivity contribution in [3.05, 3.63) is 0 Å². The molecule has 2 rings (SSSR count). The maximum atomic E-state index is 11.9. The van der Waals surface area contributed by atoms with Crippen molar-refractivity contribution in [1.29, 1.82) is 0 Å². The molecule has 5 atom stereocenters. The smallest absolute Gasteiger partial charge is 0.254 e. The number of hydrogen-bond acceptors (Lipinski definition) is 5. The number of fused-ring (bicyclic) bond motifs is 1. The molecule has 0 aromatic rings. The molecule has 2 aliphatic heterocycles. The molecule has 1 amide bonds. The van der Waals surface area contributed by atoms with Gasteiger partial charge in [-0.05, 0) is 14.0 Å². The fourth-order valence-corrected chi connectivity index (χ4v) is 2.74. The molecule has 2 aliphatic rings. The van der Waals surface area contributed by atoms with Gasteiger partial charge < -0.3 is 25.5 Å². The number of rotatable bonds is 1. The Bertz CT molecular complexity index is 307. The first-order chi connectivity index (χ1) is 7.38. The number of aliphatic hydroxyl groups is 3. The quantitative estimate of drug-likeness (QED) is 0.405. The van der Waals surface area contributed by atoms with Crippen LogP contribution in [0.1, 0.15) is 13.3 Å². The topological polar surface area (TPSA) is 93.0 Å². The Kier molecular flexibility index (Phi) is 2.70. The van der Waals surface area contributed by atoms with Gasteiger partial charge >= 0.3 is 0 Å². The van der Waals surface area contributed by atoms with Gasteiger partial charge in [0.25, 0.3) is 5.91 Å². The molecule has 6 heteroatoms. The van der Waals surface area contributed by atoms with Gasteiger partial charge in [-0.3, -0.25) is 4.79 Å². The molecule has 6 nitrogen and oxygen atoms in total. The average Bonchev–Trinajstić information content (AvgIpc) is 2.50. The van der Waals surface area contributed by atoms with Gasteiger partial charge in [0.1, 0.15) is 11.7 Å². The lowest BCUT2D eigenvalue weighted by Crippen LogP contribution is -2.64. The molecule has 2 heterocycles. The zero-order valence-electron chi connectivity index (χ0n) is 9.42. The number of nitrogens with zero attached hydrogens (tertiary/aromatic N) is 1. The van der Waals surface area contributed by atoms with Gasteiger partial charge in [0.15, 0.2) is 0 Å². The maximum Gasteiger partial charge on any atom is 0.254 e. The van der Waals surface area contributed by atoms with E-state index in [4.69, 9.17) is 0 Å². The molecule has 16 heavy (non-hydrogen) atoms. The molecule has 0 aromatic heterocycles. The molecule has 0 saturated carbocycles. The van der Waals surface area contributed by atoms with Crippen molar-refractivity contribution in [2.45, 2.75) is 43.2 Å². The van der Waals surface area contributed by atoms with Gasteiger partial charge in [-0.25, -0.2) is 0 Å². The van der Waals surface area contributed by atoms with Crippen LogP contribution in [0.3, 0.4) is 0 Å². The van der Waals surface area contributed by atoms with E-state index in [-0.39, 0.29) is 19.0 Å². The van der Waals surface area contributed by atoms with Crippen LogP contribution < -0.4 is 5.32 Å². The fraction of sp³-hybridized carbons (Fsp3) is 0.900. The van der Waals surface area contributed by atoms with Crippen LogP contribution in [-0.2, 0) is 4.79 Å². The lowest BCUT2D eigenvalue weighted by atomic mass is 9.85. The number of amides is 1. The minimum atomic E-state index is -1.42. The van der Waals surface area contributed by atoms with Crippen LogP contribution in [0.4, 0.5) is 0 Å². The third-order valence-electron chi connectivity index (χ3n) is 3.61. The van der Waals surface area contributed by atoms with Gasteiger partial charge in [-0.2, -0.15) is 0 Å². The van der Waals surface area contributed by atoms with Crippen molar-refractivity contribution >= 4 is 5.91 Å². The van der Waals surface area contributed by atoms with Crippen molar-refractivity contribution in [3.8, 4) is 0 Å². The highest BCUT2D eigenvalue weighted by Crippen LogP contribution is 2.33. The lowest BCUT2D eigenvalue weighted by Gasteiger charge is -2.43. The molecular formula is C10H18N2O4. The Morgan fingerprint density at radius 2 is 2.12 bits per heavy atom. The summed E-state index contributed by atoms with van der Waals surface area (Å²) >= 11 is 0. The molecule has 0 spiro atoms. The van der Waals surface area contributed by atoms with Gasteiger partial charge in [0.05, 0.1) is 12.1 Å². The first-order valence-corrected chi connectivity index (χ1v) is 5.45. The summed E-state index contributed by atoms with van der Waals surface area (Å²) in [4.78, 5) is 13.3. The van der Waals surface area contributed by atoms with Crippen LogP contribution in [-0.4, -0.2) is 69.6 Å². The predicted octanol–water partition coefficient (Wildman–Crippen LogP) is -2.34. The predicted molar refractivity (Wildman–Crippen MR) is 55.6 cm³/mol. The Labute approximate surface area is 93.9 Å². The highest BCUT2D eigenvalue weighted by atomic mass is 16.3. The zero-order valence-corrected chi connectivity index (χ0v) is 9.42. The van der Waals surface area contributed by atoms with Gasteiger partial charge in [-0.1, -0.05) is 0 Å². The van der Waals surface area contributed by atoms with Crippen LogP contribution >= 0.6 is 0 Å². The largest absolute Gasteiger partial charge is 0.388 e. The zero-order chi connectivity index (χ0) is 12.1. The third-order valence-corrected chi connectivity index (χ3v) is 3.61. The average molecular weight is 230 g/mol. The van der Waals surface area contributed by atoms with Crippen LogP contribution in [0.25, 0.3) is 0 Å². The van der Waals surface area contributed by atoms with E-state index in [1.54, 1.807) is 7.05 Å². The number of nitrogens with one attached hydrogen (secondary N) is 1. The molecule has 2 saturated heterocycles. The van der Waals surface area contributed by atoms with E-state index >= 15 is 0 Å². The first kappa shape index (κ1) is 11.8. The van der Waals surface area contributed by atoms with Gasteiger partial charge in [0, 0.05) is 19.0 Å². The normalized spacial score (nSPS) is 48.3. The summed E-state index contributed by atoms with van der Waals surface area (Å²) in [5.74, 6) is -0.417. The maximum absolute atomic E-state index is 11.9. The monoisotopic (exact) mass is 230 g/mol. The second-order valence-corrected chi connectivity index (χ2v) is 4.88. The molecule has 92 valence electrons. The summed E-state index contributed by atoms with van der Waals surface area (Å²) in [5.41, 5.74) is -1.42. The molecule has 4 N–H and O–H groups in total. The second kappa shape index (κ2) is 3.66. The summed E-state index contributed by atoms with van der Waals surface area (Å²) in [5, 5.41) is 32.3. The highest BCUT2D eigenvalue weighted by molar-refractivity contribution is 5.86. The van der Waals surface area contributed by atoms with Crippen molar-refractivity contribution in [1.82, 2.24) is 10.2 Å². The molecule has 0 unspecified atom stereocenters. The Balaban J connectivity index is 2.31. The molecule has 0 aliphatic carbocycles. The number of piperidine rings is 1. The summed E-state index contributed by atoms with van der Waals surface area (Å²) in [7, 11) is 1.71. The minimum absolute atomic E-state index is 0.0823. The number of aliphatic hydroxyl groups excluding tert-OH is 2. The van der Waals surface area contributed by atoms with Crippen LogP contribution in [0.5, 0.6) is 0 Å². The van der Waals surface area contributed by atoms with Gasteiger partial charge in [0.2, 0.25) is 0 Å². The number of hydrogen-bond donors (Lipinski definition) is 4. The standard InChI is InChI=1S/C10H18N2O4/c1-10(16)3-5(11-2)7-8(14)6(13)4-12(7)9(10)15/h5-8,11,13-14,16H,3-4H2,1-2H3/t5-,6+,7+,8-,10+/m0/s1.